The van der Waals surface area contributed by atoms with Crippen LogP contribution in [0, 0.1) is 11.8 Å². The van der Waals surface area contributed by atoms with Crippen LogP contribution >= 0.6 is 0 Å². The SMILES string of the molecule is CNC(=O)[C@H](CC(C)C)NC(=O)Oc1cnc(C2CC2)c(OCC2CC2)n1. The molecule has 2 aliphatic carbocycles. The van der Waals surface area contributed by atoms with Crippen LogP contribution in [-0.4, -0.2) is 41.7 Å². The van der Waals surface area contributed by atoms with E-state index >= 15 is 0 Å². The highest BCUT2D eigenvalue weighted by Crippen LogP contribution is 2.43. The first-order valence-electron chi connectivity index (χ1n) is 9.66. The summed E-state index contributed by atoms with van der Waals surface area (Å²) in [6.45, 7) is 4.58. The number of nitrogens with one attached hydrogen (secondary N) is 2. The molecule has 148 valence electrons. The van der Waals surface area contributed by atoms with Crippen LogP contribution in [0.25, 0.3) is 0 Å². The van der Waals surface area contributed by atoms with Crippen molar-refractivity contribution in [3.63, 3.8) is 0 Å². The van der Waals surface area contributed by atoms with Gasteiger partial charge in [-0.15, -0.1) is 0 Å². The number of hydrogen-bond donors (Lipinski definition) is 2. The normalized spacial score (nSPS) is 17.3. The number of amides is 2. The minimum Gasteiger partial charge on any atom is -0.476 e. The lowest BCUT2D eigenvalue weighted by atomic mass is 10.0. The van der Waals surface area contributed by atoms with Gasteiger partial charge < -0.3 is 20.1 Å². The molecule has 3 rings (SSSR count). The van der Waals surface area contributed by atoms with Crippen molar-refractivity contribution in [2.24, 2.45) is 11.8 Å². The number of ether oxygens (including phenoxy) is 2. The summed E-state index contributed by atoms with van der Waals surface area (Å²) in [5.74, 6) is 1.49. The molecule has 8 heteroatoms. The van der Waals surface area contributed by atoms with Gasteiger partial charge in [-0.2, -0.15) is 4.98 Å². The zero-order chi connectivity index (χ0) is 19.4. The van der Waals surface area contributed by atoms with Crippen molar-refractivity contribution in [2.75, 3.05) is 13.7 Å². The van der Waals surface area contributed by atoms with Crippen molar-refractivity contribution < 1.29 is 19.1 Å². The zero-order valence-electron chi connectivity index (χ0n) is 16.2. The average molecular weight is 376 g/mol. The second kappa shape index (κ2) is 8.54. The molecular weight excluding hydrogens is 348 g/mol. The second-order valence-corrected chi connectivity index (χ2v) is 7.76. The Balaban J connectivity index is 1.63. The van der Waals surface area contributed by atoms with Gasteiger partial charge in [0.2, 0.25) is 17.7 Å². The molecule has 8 nitrogen and oxygen atoms in total. The molecule has 27 heavy (non-hydrogen) atoms. The molecule has 2 aliphatic rings. The van der Waals surface area contributed by atoms with E-state index in [-0.39, 0.29) is 17.7 Å². The zero-order valence-corrected chi connectivity index (χ0v) is 16.2. The maximum absolute atomic E-state index is 12.2. The summed E-state index contributed by atoms with van der Waals surface area (Å²) in [5, 5.41) is 5.15. The Morgan fingerprint density at radius 1 is 1.26 bits per heavy atom. The number of nitrogens with zero attached hydrogens (tertiary/aromatic N) is 2. The first kappa shape index (κ1) is 19.4. The largest absolute Gasteiger partial charge is 0.476 e. The molecule has 0 spiro atoms. The lowest BCUT2D eigenvalue weighted by Crippen LogP contribution is -2.47. The van der Waals surface area contributed by atoms with Crippen LogP contribution in [0.15, 0.2) is 6.20 Å². The van der Waals surface area contributed by atoms with Crippen LogP contribution in [-0.2, 0) is 4.79 Å². The molecule has 1 aromatic heterocycles. The third-order valence-corrected chi connectivity index (χ3v) is 4.62. The topological polar surface area (TPSA) is 102 Å². The summed E-state index contributed by atoms with van der Waals surface area (Å²) in [5.41, 5.74) is 0.839. The van der Waals surface area contributed by atoms with E-state index in [0.717, 1.165) is 18.5 Å². The van der Waals surface area contributed by atoms with E-state index in [2.05, 4.69) is 20.6 Å². The molecule has 0 saturated heterocycles. The predicted octanol–water partition coefficient (Wildman–Crippen LogP) is 2.39. The van der Waals surface area contributed by atoms with Gasteiger partial charge in [0.05, 0.1) is 12.8 Å². The first-order valence-corrected chi connectivity index (χ1v) is 9.66. The van der Waals surface area contributed by atoms with E-state index in [9.17, 15) is 9.59 Å². The minimum absolute atomic E-state index is 0.0721. The Morgan fingerprint density at radius 3 is 2.59 bits per heavy atom. The number of aromatic nitrogens is 2. The molecule has 1 atom stereocenters. The number of hydrogen-bond acceptors (Lipinski definition) is 6. The fourth-order valence-electron chi connectivity index (χ4n) is 2.78. The van der Waals surface area contributed by atoms with Gasteiger partial charge in [0, 0.05) is 13.0 Å². The molecule has 2 fully saturated rings. The maximum Gasteiger partial charge on any atom is 0.414 e. The van der Waals surface area contributed by atoms with Crippen LogP contribution in [0.1, 0.15) is 57.6 Å². The number of carbonyl (C=O) groups excluding carboxylic acids is 2. The standard InChI is InChI=1S/C19H28N4O4/c1-11(2)8-14(17(24)20-3)22-19(25)27-15-9-21-16(13-6-7-13)18(23-15)26-10-12-4-5-12/h9,11-14H,4-8,10H2,1-3H3,(H,20,24)(H,22,25)/t14-/m0/s1. The minimum atomic E-state index is -0.731. The van der Waals surface area contributed by atoms with Crippen LogP contribution in [0.3, 0.4) is 0 Å². The van der Waals surface area contributed by atoms with Crippen molar-refractivity contribution >= 4 is 12.0 Å². The summed E-state index contributed by atoms with van der Waals surface area (Å²) in [6, 6.07) is -0.660. The Bertz CT molecular complexity index is 686. The molecule has 2 N–H and O–H groups in total. The first-order chi connectivity index (χ1) is 13.0. The van der Waals surface area contributed by atoms with Crippen molar-refractivity contribution in [1.82, 2.24) is 20.6 Å². The molecule has 0 bridgehead atoms. The summed E-state index contributed by atoms with van der Waals surface area (Å²) in [4.78, 5) is 32.9. The van der Waals surface area contributed by atoms with E-state index in [1.54, 1.807) is 0 Å². The summed E-state index contributed by atoms with van der Waals surface area (Å²) in [7, 11) is 1.54. The van der Waals surface area contributed by atoms with Crippen molar-refractivity contribution in [2.45, 2.75) is 57.9 Å². The Labute approximate surface area is 159 Å². The lowest BCUT2D eigenvalue weighted by molar-refractivity contribution is -0.122. The van der Waals surface area contributed by atoms with E-state index < -0.39 is 12.1 Å². The van der Waals surface area contributed by atoms with E-state index in [1.807, 2.05) is 13.8 Å². The highest BCUT2D eigenvalue weighted by molar-refractivity contribution is 5.85. The fraction of sp³-hybridized carbons (Fsp3) is 0.684. The van der Waals surface area contributed by atoms with Crippen LogP contribution in [0.4, 0.5) is 4.79 Å². The third-order valence-electron chi connectivity index (χ3n) is 4.62. The summed E-state index contributed by atoms with van der Waals surface area (Å²) < 4.78 is 11.1. The average Bonchev–Trinajstić information content (AvgIpc) is 3.52. The molecule has 2 amide bonds. The molecule has 1 aromatic rings. The van der Waals surface area contributed by atoms with Crippen LogP contribution in [0.2, 0.25) is 0 Å². The quantitative estimate of drug-likeness (QED) is 0.686. The van der Waals surface area contributed by atoms with Crippen LogP contribution in [0.5, 0.6) is 11.8 Å². The third kappa shape index (κ3) is 5.80. The summed E-state index contributed by atoms with van der Waals surface area (Å²) >= 11 is 0. The Morgan fingerprint density at radius 2 is 2.00 bits per heavy atom. The number of likely N-dealkylation sites (N-methyl/N-ethyl adjacent to an activating group) is 1. The lowest BCUT2D eigenvalue weighted by Gasteiger charge is -2.18. The Hall–Kier alpha value is -2.38. The van der Waals surface area contributed by atoms with Gasteiger partial charge in [-0.1, -0.05) is 13.8 Å². The van der Waals surface area contributed by atoms with E-state index in [0.29, 0.717) is 30.7 Å². The highest BCUT2D eigenvalue weighted by Gasteiger charge is 2.31. The predicted molar refractivity (Wildman–Crippen MR) is 98.7 cm³/mol. The Kier molecular flexibility index (Phi) is 6.13. The van der Waals surface area contributed by atoms with Crippen molar-refractivity contribution in [3.05, 3.63) is 11.9 Å². The molecule has 0 radical (unpaired) electrons. The van der Waals surface area contributed by atoms with Crippen molar-refractivity contribution in [1.29, 1.82) is 0 Å². The number of rotatable bonds is 9. The van der Waals surface area contributed by atoms with E-state index in [4.69, 9.17) is 9.47 Å². The van der Waals surface area contributed by atoms with Gasteiger partial charge in [-0.25, -0.2) is 9.78 Å². The van der Waals surface area contributed by atoms with Gasteiger partial charge in [0.15, 0.2) is 0 Å². The molecule has 0 aromatic carbocycles. The smallest absolute Gasteiger partial charge is 0.414 e. The molecular formula is C19H28N4O4. The van der Waals surface area contributed by atoms with Crippen molar-refractivity contribution in [3.8, 4) is 11.8 Å². The molecule has 1 heterocycles. The van der Waals surface area contributed by atoms with Gasteiger partial charge >= 0.3 is 6.09 Å². The fourth-order valence-corrected chi connectivity index (χ4v) is 2.78. The van der Waals surface area contributed by atoms with Gasteiger partial charge in [-0.3, -0.25) is 4.79 Å². The maximum atomic E-state index is 12.2. The van der Waals surface area contributed by atoms with Gasteiger partial charge in [0.1, 0.15) is 11.7 Å². The molecule has 0 unspecified atom stereocenters. The summed E-state index contributed by atoms with van der Waals surface area (Å²) in [6.07, 6.45) is 5.75. The molecule has 2 saturated carbocycles. The van der Waals surface area contributed by atoms with Gasteiger partial charge in [0.25, 0.3) is 0 Å². The van der Waals surface area contributed by atoms with E-state index in [1.165, 1.54) is 26.1 Å². The second-order valence-electron chi connectivity index (χ2n) is 7.76. The molecule has 0 aliphatic heterocycles. The monoisotopic (exact) mass is 376 g/mol. The van der Waals surface area contributed by atoms with Crippen LogP contribution < -0.4 is 20.1 Å². The van der Waals surface area contributed by atoms with Gasteiger partial charge in [-0.05, 0) is 43.9 Å². The number of carbonyl (C=O) groups is 2. The highest BCUT2D eigenvalue weighted by atomic mass is 16.6.